The first-order valence-corrected chi connectivity index (χ1v) is 15.9. The molecular weight excluding hydrogens is 551 g/mol. The lowest BCUT2D eigenvalue weighted by molar-refractivity contribution is 0.00578. The number of rotatable bonds is 5. The molecule has 45 heavy (non-hydrogen) atoms. The van der Waals surface area contributed by atoms with Gasteiger partial charge in [-0.1, -0.05) is 73.5 Å². The first-order valence-electron chi connectivity index (χ1n) is 15.9. The Morgan fingerprint density at radius 1 is 0.578 bits per heavy atom. The van der Waals surface area contributed by atoms with Crippen molar-refractivity contribution in [1.82, 2.24) is 4.98 Å². The number of pyridine rings is 1. The van der Waals surface area contributed by atoms with E-state index in [-0.39, 0.29) is 16.6 Å². The van der Waals surface area contributed by atoms with E-state index >= 15 is 0 Å². The van der Waals surface area contributed by atoms with E-state index in [2.05, 4.69) is 157 Å². The minimum atomic E-state index is -0.418. The van der Waals surface area contributed by atoms with Crippen molar-refractivity contribution in [1.29, 1.82) is 0 Å². The first-order chi connectivity index (χ1) is 21.3. The minimum absolute atomic E-state index is 0.175. The van der Waals surface area contributed by atoms with Gasteiger partial charge in [-0.05, 0) is 112 Å². The average Bonchev–Trinajstić information content (AvgIpc) is 3.38. The average molecular weight is 593 g/mol. The Labute approximate surface area is 268 Å². The summed E-state index contributed by atoms with van der Waals surface area (Å²) >= 11 is 0. The van der Waals surface area contributed by atoms with Gasteiger partial charge in [0.2, 0.25) is 0 Å². The van der Waals surface area contributed by atoms with Gasteiger partial charge in [-0.25, -0.2) is 0 Å². The van der Waals surface area contributed by atoms with Crippen LogP contribution in [-0.4, -0.2) is 23.3 Å². The Hall–Kier alpha value is -4.19. The molecule has 0 amide bonds. The predicted octanol–water partition coefficient (Wildman–Crippen LogP) is 9.44. The summed E-state index contributed by atoms with van der Waals surface area (Å²) in [5.74, 6) is 0. The molecule has 5 aromatic rings. The van der Waals surface area contributed by atoms with Gasteiger partial charge in [0.05, 0.1) is 16.9 Å². The third-order valence-electron chi connectivity index (χ3n) is 10.1. The van der Waals surface area contributed by atoms with E-state index < -0.39 is 7.12 Å². The smallest absolute Gasteiger partial charge is 0.399 e. The molecule has 2 heterocycles. The van der Waals surface area contributed by atoms with Crippen LogP contribution in [-0.2, 0) is 14.7 Å². The largest absolute Gasteiger partial charge is 0.496 e. The molecule has 0 atom stereocenters. The van der Waals surface area contributed by atoms with Crippen molar-refractivity contribution < 1.29 is 9.31 Å². The second-order valence-electron chi connectivity index (χ2n) is 14.2. The van der Waals surface area contributed by atoms with E-state index in [9.17, 15) is 0 Å². The number of anilines is 3. The highest BCUT2D eigenvalue weighted by Crippen LogP contribution is 2.51. The van der Waals surface area contributed by atoms with Gasteiger partial charge in [-0.3, -0.25) is 4.98 Å². The molecule has 1 saturated heterocycles. The lowest BCUT2D eigenvalue weighted by Gasteiger charge is -2.32. The third kappa shape index (κ3) is 4.99. The topological polar surface area (TPSA) is 34.6 Å². The van der Waals surface area contributed by atoms with Crippen LogP contribution in [0.5, 0.6) is 0 Å². The summed E-state index contributed by atoms with van der Waals surface area (Å²) in [6, 6.07) is 35.4. The highest BCUT2D eigenvalue weighted by molar-refractivity contribution is 6.62. The molecule has 1 aliphatic carbocycles. The molecule has 4 nitrogen and oxygen atoms in total. The highest BCUT2D eigenvalue weighted by atomic mass is 16.7. The van der Waals surface area contributed by atoms with Crippen molar-refractivity contribution in [3.8, 4) is 22.4 Å². The number of hydrogen-bond acceptors (Lipinski definition) is 4. The zero-order chi connectivity index (χ0) is 31.7. The van der Waals surface area contributed by atoms with E-state index in [1.54, 1.807) is 0 Å². The van der Waals surface area contributed by atoms with Crippen molar-refractivity contribution in [3.05, 3.63) is 126 Å². The molecule has 0 radical (unpaired) electrons. The Bertz CT molecular complexity index is 1830. The molecule has 0 bridgehead atoms. The summed E-state index contributed by atoms with van der Waals surface area (Å²) in [6.07, 6.45) is 1.89. The van der Waals surface area contributed by atoms with E-state index in [0.29, 0.717) is 0 Å². The van der Waals surface area contributed by atoms with Crippen molar-refractivity contribution in [3.63, 3.8) is 0 Å². The van der Waals surface area contributed by atoms with Crippen molar-refractivity contribution in [2.75, 3.05) is 4.90 Å². The molecule has 0 saturated carbocycles. The van der Waals surface area contributed by atoms with Gasteiger partial charge in [0.25, 0.3) is 0 Å². The Kier molecular flexibility index (Phi) is 6.85. The van der Waals surface area contributed by atoms with Crippen LogP contribution in [0.3, 0.4) is 0 Å². The molecule has 2 aliphatic rings. The van der Waals surface area contributed by atoms with Crippen LogP contribution in [0.1, 0.15) is 63.8 Å². The van der Waals surface area contributed by atoms with Crippen LogP contribution in [0.4, 0.5) is 17.1 Å². The van der Waals surface area contributed by atoms with Crippen molar-refractivity contribution in [2.45, 2.75) is 72.0 Å². The number of nitrogens with zero attached hydrogens (tertiary/aromatic N) is 2. The van der Waals surface area contributed by atoms with Crippen LogP contribution < -0.4 is 10.4 Å². The summed E-state index contributed by atoms with van der Waals surface area (Å²) in [4.78, 5) is 7.22. The van der Waals surface area contributed by atoms with Crippen molar-refractivity contribution >= 4 is 29.6 Å². The number of aryl methyl sites for hydroxylation is 2. The van der Waals surface area contributed by atoms with E-state index in [4.69, 9.17) is 14.3 Å². The summed E-state index contributed by atoms with van der Waals surface area (Å²) in [7, 11) is -0.418. The molecule has 1 aliphatic heterocycles. The molecule has 0 N–H and O–H groups in total. The molecular formula is C40H41BN2O2. The fourth-order valence-corrected chi connectivity index (χ4v) is 6.55. The number of aromatic nitrogens is 1. The molecule has 7 rings (SSSR count). The maximum Gasteiger partial charge on any atom is 0.496 e. The Balaban J connectivity index is 1.22. The monoisotopic (exact) mass is 592 g/mol. The van der Waals surface area contributed by atoms with E-state index in [0.717, 1.165) is 33.8 Å². The van der Waals surface area contributed by atoms with Crippen molar-refractivity contribution in [2.24, 2.45) is 0 Å². The Morgan fingerprint density at radius 3 is 1.62 bits per heavy atom. The van der Waals surface area contributed by atoms with Gasteiger partial charge >= 0.3 is 7.12 Å². The second kappa shape index (κ2) is 10.4. The molecule has 1 aromatic heterocycles. The molecule has 0 spiro atoms. The van der Waals surface area contributed by atoms with Gasteiger partial charge in [0, 0.05) is 39.7 Å². The quantitative estimate of drug-likeness (QED) is 0.191. The van der Waals surface area contributed by atoms with Crippen LogP contribution >= 0.6 is 0 Å². The standard InChI is InChI=1S/C40H41BN2O2/c1-26-9-15-30(16-10-26)43(31-17-11-27(2)12-18-31)32-19-21-34-33-20-13-28(23-35(33)38(3,4)36(34)24-32)37-22-14-29(25-42-37)41-44-39(5,6)40(7,8)45-41/h9-25H,1-8H3. The van der Waals surface area contributed by atoms with E-state index in [1.807, 2.05) is 6.20 Å². The molecule has 0 unspecified atom stereocenters. The molecule has 1 fully saturated rings. The number of hydrogen-bond donors (Lipinski definition) is 0. The van der Waals surface area contributed by atoms with Gasteiger partial charge in [0.1, 0.15) is 0 Å². The fraction of sp³-hybridized carbons (Fsp3) is 0.275. The lowest BCUT2D eigenvalue weighted by Crippen LogP contribution is -2.41. The fourth-order valence-electron chi connectivity index (χ4n) is 6.55. The maximum absolute atomic E-state index is 6.25. The second-order valence-corrected chi connectivity index (χ2v) is 14.2. The summed E-state index contributed by atoms with van der Waals surface area (Å²) < 4.78 is 12.5. The predicted molar refractivity (Wildman–Crippen MR) is 187 cm³/mol. The summed E-state index contributed by atoms with van der Waals surface area (Å²) in [5, 5.41) is 0. The molecule has 4 aromatic carbocycles. The zero-order valence-corrected chi connectivity index (χ0v) is 27.6. The van der Waals surface area contributed by atoms with Gasteiger partial charge < -0.3 is 14.2 Å². The SMILES string of the molecule is Cc1ccc(N(c2ccc(C)cc2)c2ccc3c(c2)C(C)(C)c2cc(-c4ccc(B5OC(C)(C)C(C)(C)O5)cn4)ccc2-3)cc1. The van der Waals surface area contributed by atoms with Crippen LogP contribution in [0.2, 0.25) is 0 Å². The highest BCUT2D eigenvalue weighted by Gasteiger charge is 2.51. The van der Waals surface area contributed by atoms with Gasteiger partial charge in [-0.15, -0.1) is 0 Å². The first kappa shape index (κ1) is 29.5. The lowest BCUT2D eigenvalue weighted by atomic mass is 9.80. The Morgan fingerprint density at radius 2 is 1.09 bits per heavy atom. The summed E-state index contributed by atoms with van der Waals surface area (Å²) in [5.41, 5.74) is 13.2. The summed E-state index contributed by atoms with van der Waals surface area (Å²) in [6.45, 7) is 17.2. The van der Waals surface area contributed by atoms with Crippen LogP contribution in [0.15, 0.2) is 103 Å². The minimum Gasteiger partial charge on any atom is -0.399 e. The number of benzene rings is 4. The molecule has 5 heteroatoms. The van der Waals surface area contributed by atoms with Gasteiger partial charge in [-0.2, -0.15) is 0 Å². The molecule has 226 valence electrons. The van der Waals surface area contributed by atoms with E-state index in [1.165, 1.54) is 33.4 Å². The maximum atomic E-state index is 6.25. The third-order valence-corrected chi connectivity index (χ3v) is 10.1. The number of fused-ring (bicyclic) bond motifs is 3. The van der Waals surface area contributed by atoms with Gasteiger partial charge in [0.15, 0.2) is 0 Å². The zero-order valence-electron chi connectivity index (χ0n) is 27.6. The van der Waals surface area contributed by atoms with Crippen LogP contribution in [0.25, 0.3) is 22.4 Å². The normalized spacial score (nSPS) is 17.2. The van der Waals surface area contributed by atoms with Crippen LogP contribution in [0, 0.1) is 13.8 Å².